The SMILES string of the molecule is CCCCCCCCCCCCCCCCCCOC(=O)C(C)(C(O)O)N(C)C. The van der Waals surface area contributed by atoms with Crippen LogP contribution in [0, 0.1) is 0 Å². The molecule has 174 valence electrons. The van der Waals surface area contributed by atoms with Crippen LogP contribution in [0.1, 0.15) is 117 Å². The average molecular weight is 416 g/mol. The van der Waals surface area contributed by atoms with Gasteiger partial charge >= 0.3 is 5.97 Å². The molecule has 0 saturated heterocycles. The van der Waals surface area contributed by atoms with Gasteiger partial charge in [0.2, 0.25) is 0 Å². The first-order valence-corrected chi connectivity index (χ1v) is 12.1. The minimum Gasteiger partial charge on any atom is -0.464 e. The molecule has 29 heavy (non-hydrogen) atoms. The quantitative estimate of drug-likeness (QED) is 0.158. The third kappa shape index (κ3) is 13.3. The zero-order valence-electron chi connectivity index (χ0n) is 19.8. The average Bonchev–Trinajstić information content (AvgIpc) is 2.69. The van der Waals surface area contributed by atoms with Crippen molar-refractivity contribution in [3.05, 3.63) is 0 Å². The Hall–Kier alpha value is -0.650. The Morgan fingerprint density at radius 3 is 1.41 bits per heavy atom. The number of carbonyl (C=O) groups excluding carboxylic acids is 1. The molecule has 5 nitrogen and oxygen atoms in total. The molecule has 0 bridgehead atoms. The fourth-order valence-electron chi connectivity index (χ4n) is 3.48. The maximum atomic E-state index is 12.1. The summed E-state index contributed by atoms with van der Waals surface area (Å²) < 4.78 is 5.25. The predicted molar refractivity (Wildman–Crippen MR) is 121 cm³/mol. The highest BCUT2D eigenvalue weighted by molar-refractivity contribution is 5.80. The number of aliphatic hydroxyl groups is 2. The molecule has 0 spiro atoms. The fraction of sp³-hybridized carbons (Fsp3) is 0.958. The van der Waals surface area contributed by atoms with Gasteiger partial charge in [0.15, 0.2) is 11.8 Å². The summed E-state index contributed by atoms with van der Waals surface area (Å²) in [6.45, 7) is 4.09. The van der Waals surface area contributed by atoms with Gasteiger partial charge < -0.3 is 14.9 Å². The normalized spacial score (nSPS) is 13.8. The van der Waals surface area contributed by atoms with Crippen LogP contribution in [-0.2, 0) is 9.53 Å². The number of carbonyl (C=O) groups is 1. The molecule has 1 unspecified atom stereocenters. The van der Waals surface area contributed by atoms with Gasteiger partial charge in [-0.05, 0) is 27.4 Å². The molecule has 0 radical (unpaired) electrons. The molecule has 5 heteroatoms. The van der Waals surface area contributed by atoms with Gasteiger partial charge in [-0.1, -0.05) is 103 Å². The molecule has 0 aromatic heterocycles. The van der Waals surface area contributed by atoms with E-state index in [1.54, 1.807) is 14.1 Å². The van der Waals surface area contributed by atoms with Gasteiger partial charge in [0.25, 0.3) is 0 Å². The summed E-state index contributed by atoms with van der Waals surface area (Å²) in [6, 6.07) is 0. The molecular weight excluding hydrogens is 366 g/mol. The van der Waals surface area contributed by atoms with Crippen LogP contribution in [0.3, 0.4) is 0 Å². The lowest BCUT2D eigenvalue weighted by Gasteiger charge is -2.35. The highest BCUT2D eigenvalue weighted by Gasteiger charge is 2.43. The number of rotatable bonds is 20. The number of likely N-dealkylation sites (N-methyl/N-ethyl adjacent to an activating group) is 1. The first-order chi connectivity index (χ1) is 13.9. The molecule has 0 aliphatic heterocycles. The first kappa shape index (κ1) is 28.4. The minimum atomic E-state index is -1.77. The Morgan fingerprint density at radius 2 is 1.10 bits per heavy atom. The number of unbranched alkanes of at least 4 members (excludes halogenated alkanes) is 15. The zero-order chi connectivity index (χ0) is 22.0. The Labute approximate surface area is 180 Å². The van der Waals surface area contributed by atoms with E-state index in [1.807, 2.05) is 0 Å². The van der Waals surface area contributed by atoms with E-state index in [9.17, 15) is 15.0 Å². The summed E-state index contributed by atoms with van der Waals surface area (Å²) in [7, 11) is 3.27. The summed E-state index contributed by atoms with van der Waals surface area (Å²) in [5.74, 6) is -0.585. The summed E-state index contributed by atoms with van der Waals surface area (Å²) in [4.78, 5) is 13.6. The molecule has 2 N–H and O–H groups in total. The fourth-order valence-corrected chi connectivity index (χ4v) is 3.48. The topological polar surface area (TPSA) is 70.0 Å². The van der Waals surface area contributed by atoms with Crippen LogP contribution in [0.2, 0.25) is 0 Å². The molecule has 0 aromatic rings. The number of hydrogen-bond donors (Lipinski definition) is 2. The van der Waals surface area contributed by atoms with Gasteiger partial charge in [-0.2, -0.15) is 0 Å². The number of ether oxygens (including phenoxy) is 1. The van der Waals surface area contributed by atoms with Crippen molar-refractivity contribution in [3.8, 4) is 0 Å². The monoisotopic (exact) mass is 415 g/mol. The molecule has 0 heterocycles. The Morgan fingerprint density at radius 1 is 0.759 bits per heavy atom. The lowest BCUT2D eigenvalue weighted by molar-refractivity contribution is -0.185. The first-order valence-electron chi connectivity index (χ1n) is 12.1. The lowest BCUT2D eigenvalue weighted by atomic mass is 10.0. The Bertz CT molecular complexity index is 377. The van der Waals surface area contributed by atoms with E-state index in [2.05, 4.69) is 6.92 Å². The molecule has 0 fully saturated rings. The summed E-state index contributed by atoms with van der Waals surface area (Å²) in [5.41, 5.74) is -1.42. The number of nitrogens with zero attached hydrogens (tertiary/aromatic N) is 1. The van der Waals surface area contributed by atoms with E-state index < -0.39 is 17.8 Å². The van der Waals surface area contributed by atoms with Crippen molar-refractivity contribution in [2.75, 3.05) is 20.7 Å². The van der Waals surface area contributed by atoms with Crippen LogP contribution >= 0.6 is 0 Å². The molecule has 0 aliphatic rings. The second kappa shape index (κ2) is 18.1. The predicted octanol–water partition coefficient (Wildman–Crippen LogP) is 5.42. The third-order valence-electron chi connectivity index (χ3n) is 6.08. The van der Waals surface area contributed by atoms with Crippen LogP contribution < -0.4 is 0 Å². The summed E-state index contributed by atoms with van der Waals surface area (Å²) in [6.07, 6.45) is 19.1. The highest BCUT2D eigenvalue weighted by Crippen LogP contribution is 2.18. The van der Waals surface area contributed by atoms with Crippen LogP contribution in [0.25, 0.3) is 0 Å². The van der Waals surface area contributed by atoms with Crippen LogP contribution in [0.15, 0.2) is 0 Å². The van der Waals surface area contributed by atoms with Crippen LogP contribution in [0.5, 0.6) is 0 Å². The maximum Gasteiger partial charge on any atom is 0.331 e. The zero-order valence-corrected chi connectivity index (χ0v) is 19.8. The van der Waals surface area contributed by atoms with Crippen LogP contribution in [0.4, 0.5) is 0 Å². The van der Waals surface area contributed by atoms with Gasteiger partial charge in [0.1, 0.15) is 0 Å². The smallest absolute Gasteiger partial charge is 0.331 e. The standard InChI is InChI=1S/C24H49NO4/c1-5-6-7-8-9-10-11-12-13-14-15-16-17-18-19-20-21-29-23(28)24(2,22(26)27)25(3)4/h22,26-27H,5-21H2,1-4H3. The van der Waals surface area contributed by atoms with Crippen molar-refractivity contribution >= 4 is 5.97 Å². The van der Waals surface area contributed by atoms with Crippen molar-refractivity contribution < 1.29 is 19.7 Å². The second-order valence-corrected chi connectivity index (χ2v) is 8.85. The largest absolute Gasteiger partial charge is 0.464 e. The molecular formula is C24H49NO4. The van der Waals surface area contributed by atoms with E-state index in [-0.39, 0.29) is 0 Å². The summed E-state index contributed by atoms with van der Waals surface area (Å²) in [5, 5.41) is 18.9. The van der Waals surface area contributed by atoms with E-state index in [0.717, 1.165) is 12.8 Å². The van der Waals surface area contributed by atoms with Gasteiger partial charge in [-0.25, -0.2) is 4.79 Å². The van der Waals surface area contributed by atoms with Crippen molar-refractivity contribution in [2.45, 2.75) is 128 Å². The molecule has 0 amide bonds. The number of hydrogen-bond acceptors (Lipinski definition) is 5. The maximum absolute atomic E-state index is 12.1. The van der Waals surface area contributed by atoms with Crippen molar-refractivity contribution in [1.82, 2.24) is 4.90 Å². The molecule has 0 rings (SSSR count). The highest BCUT2D eigenvalue weighted by atomic mass is 16.5. The van der Waals surface area contributed by atoms with E-state index >= 15 is 0 Å². The molecule has 0 aliphatic carbocycles. The minimum absolute atomic E-state index is 0.341. The Kier molecular flexibility index (Phi) is 17.7. The van der Waals surface area contributed by atoms with Gasteiger partial charge in [0.05, 0.1) is 6.61 Å². The third-order valence-corrected chi connectivity index (χ3v) is 6.08. The van der Waals surface area contributed by atoms with E-state index in [0.29, 0.717) is 6.61 Å². The second-order valence-electron chi connectivity index (χ2n) is 8.85. The summed E-state index contributed by atoms with van der Waals surface area (Å²) >= 11 is 0. The molecule has 0 aromatic carbocycles. The lowest BCUT2D eigenvalue weighted by Crippen LogP contribution is -2.58. The number of esters is 1. The van der Waals surface area contributed by atoms with Crippen molar-refractivity contribution in [3.63, 3.8) is 0 Å². The van der Waals surface area contributed by atoms with E-state index in [4.69, 9.17) is 4.74 Å². The van der Waals surface area contributed by atoms with Gasteiger partial charge in [-0.15, -0.1) is 0 Å². The van der Waals surface area contributed by atoms with Gasteiger partial charge in [0, 0.05) is 0 Å². The van der Waals surface area contributed by atoms with Crippen LogP contribution in [-0.4, -0.2) is 53.6 Å². The van der Waals surface area contributed by atoms with Gasteiger partial charge in [-0.3, -0.25) is 4.90 Å². The number of aliphatic hydroxyl groups excluding tert-OH is 1. The van der Waals surface area contributed by atoms with Crippen molar-refractivity contribution in [2.24, 2.45) is 0 Å². The van der Waals surface area contributed by atoms with E-state index in [1.165, 1.54) is 102 Å². The molecule has 0 saturated carbocycles. The van der Waals surface area contributed by atoms with Crippen molar-refractivity contribution in [1.29, 1.82) is 0 Å². The molecule has 1 atom stereocenters. The Balaban J connectivity index is 3.43.